The average molecular weight is 402 g/mol. The summed E-state index contributed by atoms with van der Waals surface area (Å²) in [5.41, 5.74) is 1.13. The zero-order valence-electron chi connectivity index (χ0n) is 15.2. The second-order valence-electron chi connectivity index (χ2n) is 5.76. The van der Waals surface area contributed by atoms with Crippen LogP contribution in [0.4, 0.5) is 4.39 Å². The highest BCUT2D eigenvalue weighted by Crippen LogP contribution is 2.29. The van der Waals surface area contributed by atoms with Gasteiger partial charge in [-0.2, -0.15) is 0 Å². The third-order valence-corrected chi connectivity index (χ3v) is 3.93. The fourth-order valence-electron chi connectivity index (χ4n) is 2.49. The molecule has 146 valence electrons. The SMILES string of the molecule is CCOc1cc(/C=C2\NC(=S)NC2=O)ccc1OCCOc1ccc(F)cc1. The van der Waals surface area contributed by atoms with Crippen molar-refractivity contribution in [3.63, 3.8) is 0 Å². The summed E-state index contributed by atoms with van der Waals surface area (Å²) in [5.74, 6) is 1.09. The monoisotopic (exact) mass is 402 g/mol. The van der Waals surface area contributed by atoms with Gasteiger partial charge in [0.15, 0.2) is 16.6 Å². The molecular weight excluding hydrogens is 383 g/mol. The van der Waals surface area contributed by atoms with Crippen LogP contribution < -0.4 is 24.8 Å². The Morgan fingerprint density at radius 2 is 1.75 bits per heavy atom. The molecule has 0 radical (unpaired) electrons. The van der Waals surface area contributed by atoms with Crippen molar-refractivity contribution >= 4 is 29.3 Å². The number of thiocarbonyl (C=S) groups is 1. The van der Waals surface area contributed by atoms with Crippen LogP contribution in [0.2, 0.25) is 0 Å². The number of benzene rings is 2. The van der Waals surface area contributed by atoms with Crippen LogP contribution in [0.25, 0.3) is 6.08 Å². The van der Waals surface area contributed by atoms with E-state index in [-0.39, 0.29) is 23.4 Å². The van der Waals surface area contributed by atoms with Gasteiger partial charge in [-0.3, -0.25) is 10.1 Å². The second-order valence-corrected chi connectivity index (χ2v) is 6.16. The highest BCUT2D eigenvalue weighted by Gasteiger charge is 2.20. The van der Waals surface area contributed by atoms with Crippen molar-refractivity contribution in [2.75, 3.05) is 19.8 Å². The maximum Gasteiger partial charge on any atom is 0.273 e. The summed E-state index contributed by atoms with van der Waals surface area (Å²) in [6.07, 6.45) is 1.68. The summed E-state index contributed by atoms with van der Waals surface area (Å²) in [6.45, 7) is 2.92. The Labute approximate surface area is 167 Å². The van der Waals surface area contributed by atoms with Crippen molar-refractivity contribution in [2.24, 2.45) is 0 Å². The first-order valence-electron chi connectivity index (χ1n) is 8.67. The fraction of sp³-hybridized carbons (Fsp3) is 0.200. The number of hydrogen-bond acceptors (Lipinski definition) is 5. The molecule has 0 bridgehead atoms. The lowest BCUT2D eigenvalue weighted by atomic mass is 10.1. The van der Waals surface area contributed by atoms with Crippen LogP contribution in [0.5, 0.6) is 17.2 Å². The number of carbonyl (C=O) groups excluding carboxylic acids is 1. The van der Waals surface area contributed by atoms with Crippen LogP contribution in [-0.4, -0.2) is 30.8 Å². The highest BCUT2D eigenvalue weighted by atomic mass is 32.1. The van der Waals surface area contributed by atoms with Gasteiger partial charge in [0.2, 0.25) is 0 Å². The van der Waals surface area contributed by atoms with E-state index in [9.17, 15) is 9.18 Å². The van der Waals surface area contributed by atoms with Gasteiger partial charge < -0.3 is 19.5 Å². The normalized spacial score (nSPS) is 14.6. The van der Waals surface area contributed by atoms with Gasteiger partial charge in [-0.05, 0) is 67.2 Å². The predicted octanol–water partition coefficient (Wildman–Crippen LogP) is 3.03. The number of amides is 1. The van der Waals surface area contributed by atoms with Gasteiger partial charge in [0, 0.05) is 0 Å². The van der Waals surface area contributed by atoms with Crippen LogP contribution in [0.3, 0.4) is 0 Å². The molecule has 1 aliphatic heterocycles. The van der Waals surface area contributed by atoms with E-state index in [0.29, 0.717) is 36.2 Å². The fourth-order valence-corrected chi connectivity index (χ4v) is 2.70. The molecule has 2 N–H and O–H groups in total. The van der Waals surface area contributed by atoms with Crippen molar-refractivity contribution in [3.8, 4) is 17.2 Å². The molecule has 0 unspecified atom stereocenters. The lowest BCUT2D eigenvalue weighted by molar-refractivity contribution is -0.115. The third kappa shape index (κ3) is 5.20. The number of halogens is 1. The van der Waals surface area contributed by atoms with E-state index in [2.05, 4.69) is 10.6 Å². The number of carbonyl (C=O) groups is 1. The summed E-state index contributed by atoms with van der Waals surface area (Å²) >= 11 is 4.92. The van der Waals surface area contributed by atoms with Crippen molar-refractivity contribution in [1.29, 1.82) is 0 Å². The first-order valence-corrected chi connectivity index (χ1v) is 9.08. The molecule has 0 aromatic heterocycles. The van der Waals surface area contributed by atoms with Crippen LogP contribution in [0.15, 0.2) is 48.2 Å². The topological polar surface area (TPSA) is 68.8 Å². The molecule has 3 rings (SSSR count). The lowest BCUT2D eigenvalue weighted by Crippen LogP contribution is -2.21. The van der Waals surface area contributed by atoms with E-state index in [1.165, 1.54) is 12.1 Å². The van der Waals surface area contributed by atoms with Gasteiger partial charge >= 0.3 is 0 Å². The number of rotatable bonds is 8. The first-order chi connectivity index (χ1) is 13.5. The van der Waals surface area contributed by atoms with Gasteiger partial charge in [0.05, 0.1) is 6.61 Å². The predicted molar refractivity (Wildman–Crippen MR) is 107 cm³/mol. The van der Waals surface area contributed by atoms with E-state index in [1.54, 1.807) is 30.3 Å². The smallest absolute Gasteiger partial charge is 0.273 e. The maximum atomic E-state index is 12.9. The van der Waals surface area contributed by atoms with Crippen molar-refractivity contribution < 1.29 is 23.4 Å². The van der Waals surface area contributed by atoms with Crippen molar-refractivity contribution in [2.45, 2.75) is 6.92 Å². The first kappa shape index (κ1) is 19.6. The molecule has 1 fully saturated rings. The second kappa shape index (κ2) is 9.18. The summed E-state index contributed by atoms with van der Waals surface area (Å²) in [4.78, 5) is 11.8. The highest BCUT2D eigenvalue weighted by molar-refractivity contribution is 7.80. The van der Waals surface area contributed by atoms with Crippen molar-refractivity contribution in [1.82, 2.24) is 10.6 Å². The molecule has 6 nitrogen and oxygen atoms in total. The molecule has 0 spiro atoms. The molecule has 0 aliphatic carbocycles. The quantitative estimate of drug-likeness (QED) is 0.402. The van der Waals surface area contributed by atoms with Gasteiger partial charge in [0.25, 0.3) is 5.91 Å². The van der Waals surface area contributed by atoms with E-state index >= 15 is 0 Å². The Morgan fingerprint density at radius 1 is 1.00 bits per heavy atom. The summed E-state index contributed by atoms with van der Waals surface area (Å²) in [6, 6.07) is 11.1. The Balaban J connectivity index is 1.62. The van der Waals surface area contributed by atoms with Crippen LogP contribution in [0.1, 0.15) is 12.5 Å². The molecule has 1 saturated heterocycles. The molecular formula is C20H19FN2O4S. The zero-order chi connectivity index (χ0) is 19.9. The number of hydrogen-bond donors (Lipinski definition) is 2. The van der Waals surface area contributed by atoms with Crippen molar-refractivity contribution in [3.05, 3.63) is 59.5 Å². The van der Waals surface area contributed by atoms with E-state index < -0.39 is 0 Å². The minimum Gasteiger partial charge on any atom is -0.490 e. The molecule has 28 heavy (non-hydrogen) atoms. The lowest BCUT2D eigenvalue weighted by Gasteiger charge is -2.13. The Kier molecular flexibility index (Phi) is 6.44. The number of ether oxygens (including phenoxy) is 3. The van der Waals surface area contributed by atoms with Crippen LogP contribution in [0, 0.1) is 5.82 Å². The largest absolute Gasteiger partial charge is 0.490 e. The summed E-state index contributed by atoms with van der Waals surface area (Å²) in [7, 11) is 0. The Bertz CT molecular complexity index is 900. The van der Waals surface area contributed by atoms with Gasteiger partial charge in [-0.25, -0.2) is 4.39 Å². The molecule has 2 aromatic rings. The Morgan fingerprint density at radius 3 is 2.43 bits per heavy atom. The maximum absolute atomic E-state index is 12.9. The minimum atomic E-state index is -0.313. The Hall–Kier alpha value is -3.13. The van der Waals surface area contributed by atoms with Gasteiger partial charge in [-0.15, -0.1) is 0 Å². The standard InChI is InChI=1S/C20H19FN2O4S/c1-2-25-18-12-13(11-16-19(24)23-20(28)22-16)3-8-17(18)27-10-9-26-15-6-4-14(21)5-7-15/h3-8,11-12H,2,9-10H2,1H3,(H2,22,23,24,28)/b16-11-. The number of nitrogens with one attached hydrogen (secondary N) is 2. The van der Waals surface area contributed by atoms with E-state index in [4.69, 9.17) is 26.4 Å². The molecule has 1 aliphatic rings. The molecule has 2 aromatic carbocycles. The molecule has 8 heteroatoms. The zero-order valence-corrected chi connectivity index (χ0v) is 16.0. The summed E-state index contributed by atoms with van der Waals surface area (Å²) in [5, 5.41) is 5.59. The molecule has 0 saturated carbocycles. The average Bonchev–Trinajstić information content (AvgIpc) is 2.99. The van der Waals surface area contributed by atoms with E-state index in [1.807, 2.05) is 13.0 Å². The van der Waals surface area contributed by atoms with Gasteiger partial charge in [0.1, 0.15) is 30.5 Å². The molecule has 1 heterocycles. The molecule has 0 atom stereocenters. The van der Waals surface area contributed by atoms with Gasteiger partial charge in [-0.1, -0.05) is 6.07 Å². The summed E-state index contributed by atoms with van der Waals surface area (Å²) < 4.78 is 29.8. The van der Waals surface area contributed by atoms with Crippen LogP contribution >= 0.6 is 12.2 Å². The van der Waals surface area contributed by atoms with E-state index in [0.717, 1.165) is 5.56 Å². The minimum absolute atomic E-state index is 0.277. The van der Waals surface area contributed by atoms with Crippen LogP contribution in [-0.2, 0) is 4.79 Å². The molecule has 1 amide bonds. The third-order valence-electron chi connectivity index (χ3n) is 3.72.